The Balaban J connectivity index is 1.38. The number of piperidine rings is 1. The predicted octanol–water partition coefficient (Wildman–Crippen LogP) is 3.29. The normalized spacial score (nSPS) is 22.7. The monoisotopic (exact) mass is 413 g/mol. The van der Waals surface area contributed by atoms with Crippen LogP contribution in [0.3, 0.4) is 0 Å². The molecule has 0 amide bonds. The van der Waals surface area contributed by atoms with Crippen molar-refractivity contribution in [2.45, 2.75) is 50.2 Å². The maximum absolute atomic E-state index is 9.00. The van der Waals surface area contributed by atoms with Crippen molar-refractivity contribution in [2.24, 2.45) is 0 Å². The maximum Gasteiger partial charge on any atom is 0.154 e. The molecule has 31 heavy (non-hydrogen) atoms. The van der Waals surface area contributed by atoms with Gasteiger partial charge in [0.2, 0.25) is 0 Å². The van der Waals surface area contributed by atoms with E-state index in [1.54, 1.807) is 12.3 Å². The molecule has 9 nitrogen and oxygen atoms in total. The highest BCUT2D eigenvalue weighted by atomic mass is 15.2. The van der Waals surface area contributed by atoms with Gasteiger partial charge in [0.15, 0.2) is 5.82 Å². The van der Waals surface area contributed by atoms with Crippen LogP contribution in [0.1, 0.15) is 37.8 Å². The van der Waals surface area contributed by atoms with Gasteiger partial charge in [-0.15, -0.1) is 0 Å². The number of rotatable bonds is 6. The van der Waals surface area contributed by atoms with E-state index in [0.29, 0.717) is 41.9 Å². The highest BCUT2D eigenvalue weighted by molar-refractivity contribution is 5.91. The number of nitrogens with zero attached hydrogens (tertiary/aromatic N) is 6. The van der Waals surface area contributed by atoms with Crippen molar-refractivity contribution in [1.29, 1.82) is 10.5 Å². The topological polar surface area (TPSA) is 129 Å². The first-order valence-electron chi connectivity index (χ1n) is 10.6. The number of hydrogen-bond acceptors (Lipinski definition) is 8. The Morgan fingerprint density at radius 2 is 2.00 bits per heavy atom. The third kappa shape index (κ3) is 3.88. The second-order valence-corrected chi connectivity index (χ2v) is 8.17. The van der Waals surface area contributed by atoms with Gasteiger partial charge in [-0.05, 0) is 37.8 Å². The van der Waals surface area contributed by atoms with E-state index < -0.39 is 0 Å². The van der Waals surface area contributed by atoms with Crippen LogP contribution in [-0.2, 0) is 0 Å². The number of nitrogens with one attached hydrogen (secondary N) is 3. The zero-order valence-corrected chi connectivity index (χ0v) is 17.0. The molecule has 0 radical (unpaired) electrons. The summed E-state index contributed by atoms with van der Waals surface area (Å²) in [4.78, 5) is 11.8. The number of hydrogen-bond donors (Lipinski definition) is 3. The lowest BCUT2D eigenvalue weighted by atomic mass is 9.97. The summed E-state index contributed by atoms with van der Waals surface area (Å²) in [5, 5.41) is 32.5. The number of anilines is 3. The van der Waals surface area contributed by atoms with Crippen molar-refractivity contribution in [3.63, 3.8) is 0 Å². The largest absolute Gasteiger partial charge is 0.367 e. The van der Waals surface area contributed by atoms with Crippen LogP contribution < -0.4 is 10.6 Å². The summed E-state index contributed by atoms with van der Waals surface area (Å²) >= 11 is 0. The van der Waals surface area contributed by atoms with Gasteiger partial charge >= 0.3 is 0 Å². The fraction of sp³-hybridized carbons (Fsp3) is 0.409. The van der Waals surface area contributed by atoms with Crippen molar-refractivity contribution in [1.82, 2.24) is 25.1 Å². The van der Waals surface area contributed by atoms with Gasteiger partial charge in [-0.25, -0.2) is 4.98 Å². The van der Waals surface area contributed by atoms with Crippen LogP contribution in [0.15, 0.2) is 30.5 Å². The van der Waals surface area contributed by atoms with Crippen LogP contribution in [0.5, 0.6) is 0 Å². The summed E-state index contributed by atoms with van der Waals surface area (Å²) in [6.07, 6.45) is 6.86. The molecule has 0 spiro atoms. The molecule has 0 saturated carbocycles. The lowest BCUT2D eigenvalue weighted by molar-refractivity contribution is 0.136. The fourth-order valence-corrected chi connectivity index (χ4v) is 4.95. The summed E-state index contributed by atoms with van der Waals surface area (Å²) in [5.41, 5.74) is 1.23. The summed E-state index contributed by atoms with van der Waals surface area (Å²) in [5.74, 6) is 1.97. The number of fused-ring (bicyclic) bond motifs is 3. The quantitative estimate of drug-likeness (QED) is 0.561. The molecule has 1 unspecified atom stereocenters. The molecule has 5 rings (SSSR count). The SMILES string of the molecule is N#CCCN1[C@@H]2CC[C@H]1CC(Nc1nc(Nc3cc(C#N)[nH]n3)cc3ncccc13)C2. The van der Waals surface area contributed by atoms with Crippen LogP contribution in [0.25, 0.3) is 10.9 Å². The molecule has 0 aromatic carbocycles. The third-order valence-corrected chi connectivity index (χ3v) is 6.26. The molecule has 3 atom stereocenters. The van der Waals surface area contributed by atoms with Crippen molar-refractivity contribution >= 4 is 28.4 Å². The average Bonchev–Trinajstić information content (AvgIpc) is 3.33. The number of aromatic nitrogens is 4. The van der Waals surface area contributed by atoms with E-state index in [0.717, 1.165) is 36.1 Å². The predicted molar refractivity (Wildman–Crippen MR) is 117 cm³/mol. The Kier molecular flexibility index (Phi) is 5.11. The van der Waals surface area contributed by atoms with Crippen LogP contribution in [-0.4, -0.2) is 49.7 Å². The molecular formula is C22H23N9. The summed E-state index contributed by atoms with van der Waals surface area (Å²) in [7, 11) is 0. The number of H-pyrrole nitrogens is 1. The minimum absolute atomic E-state index is 0.331. The lowest BCUT2D eigenvalue weighted by Crippen LogP contribution is -2.47. The minimum atomic E-state index is 0.331. The van der Waals surface area contributed by atoms with Crippen molar-refractivity contribution < 1.29 is 0 Å². The Morgan fingerprint density at radius 3 is 2.74 bits per heavy atom. The Morgan fingerprint density at radius 1 is 1.16 bits per heavy atom. The van der Waals surface area contributed by atoms with E-state index in [4.69, 9.17) is 15.5 Å². The zero-order valence-electron chi connectivity index (χ0n) is 17.0. The van der Waals surface area contributed by atoms with Crippen molar-refractivity contribution in [3.05, 3.63) is 36.2 Å². The molecule has 3 N–H and O–H groups in total. The van der Waals surface area contributed by atoms with Crippen molar-refractivity contribution in [2.75, 3.05) is 17.2 Å². The molecule has 2 bridgehead atoms. The van der Waals surface area contributed by atoms with Gasteiger partial charge in [0, 0.05) is 54.8 Å². The molecule has 3 aromatic rings. The third-order valence-electron chi connectivity index (χ3n) is 6.26. The van der Waals surface area contributed by atoms with E-state index >= 15 is 0 Å². The first kappa shape index (κ1) is 19.3. The van der Waals surface area contributed by atoms with Gasteiger partial charge in [0.25, 0.3) is 0 Å². The first-order valence-corrected chi connectivity index (χ1v) is 10.6. The van der Waals surface area contributed by atoms with Gasteiger partial charge in [0.05, 0.1) is 11.6 Å². The summed E-state index contributed by atoms with van der Waals surface area (Å²) in [6.45, 7) is 0.872. The van der Waals surface area contributed by atoms with Crippen molar-refractivity contribution in [3.8, 4) is 12.1 Å². The highest BCUT2D eigenvalue weighted by Crippen LogP contribution is 2.37. The van der Waals surface area contributed by atoms with Gasteiger partial charge in [-0.3, -0.25) is 15.0 Å². The van der Waals surface area contributed by atoms with Crippen LogP contribution in [0.4, 0.5) is 17.5 Å². The second kappa shape index (κ2) is 8.21. The van der Waals surface area contributed by atoms with E-state index in [9.17, 15) is 0 Å². The molecular weight excluding hydrogens is 390 g/mol. The van der Waals surface area contributed by atoms with Gasteiger partial charge in [-0.2, -0.15) is 15.6 Å². The Hall–Kier alpha value is -3.69. The molecule has 2 aliphatic heterocycles. The van der Waals surface area contributed by atoms with E-state index in [2.05, 4.69) is 36.8 Å². The summed E-state index contributed by atoms with van der Waals surface area (Å²) < 4.78 is 0. The van der Waals surface area contributed by atoms with E-state index in [1.165, 1.54) is 12.8 Å². The Labute approximate surface area is 180 Å². The fourth-order valence-electron chi connectivity index (χ4n) is 4.95. The molecule has 5 heterocycles. The van der Waals surface area contributed by atoms with Gasteiger partial charge in [-0.1, -0.05) is 0 Å². The average molecular weight is 413 g/mol. The molecule has 0 aliphatic carbocycles. The first-order chi connectivity index (χ1) is 15.2. The number of pyridine rings is 2. The molecule has 3 aromatic heterocycles. The van der Waals surface area contributed by atoms with E-state index in [1.807, 2.05) is 24.3 Å². The lowest BCUT2D eigenvalue weighted by Gasteiger charge is -2.39. The standard InChI is InChI=1S/C22H23N9/c23-6-2-8-31-16-4-5-17(31)10-14(9-16)26-22-18-3-1-7-25-19(18)12-20(28-22)27-21-11-15(13-24)29-30-21/h1,3,7,11-12,14,16-17H,2,4-5,8-10H2,(H3,26,27,28,29,30)/t14?,16-,17+. The second-order valence-electron chi connectivity index (χ2n) is 8.17. The Bertz CT molecular complexity index is 1160. The number of aromatic amines is 1. The maximum atomic E-state index is 9.00. The van der Waals surface area contributed by atoms with Gasteiger partial charge in [0.1, 0.15) is 23.4 Å². The molecule has 2 fully saturated rings. The highest BCUT2D eigenvalue weighted by Gasteiger charge is 2.40. The molecule has 156 valence electrons. The summed E-state index contributed by atoms with van der Waals surface area (Å²) in [6, 6.07) is 13.2. The zero-order chi connectivity index (χ0) is 21.2. The van der Waals surface area contributed by atoms with Crippen LogP contribution in [0.2, 0.25) is 0 Å². The van der Waals surface area contributed by atoms with Crippen LogP contribution >= 0.6 is 0 Å². The van der Waals surface area contributed by atoms with Crippen LogP contribution in [0, 0.1) is 22.7 Å². The van der Waals surface area contributed by atoms with Gasteiger partial charge < -0.3 is 10.6 Å². The number of nitriles is 2. The molecule has 9 heteroatoms. The van der Waals surface area contributed by atoms with E-state index in [-0.39, 0.29) is 0 Å². The molecule has 2 aliphatic rings. The molecule has 2 saturated heterocycles. The smallest absolute Gasteiger partial charge is 0.154 e. The minimum Gasteiger partial charge on any atom is -0.367 e.